The molecular weight excluding hydrogens is 294 g/mol. The number of carbonyl (C=O) groups is 1. The molecule has 120 valence electrons. The molecule has 2 aromatic rings. The van der Waals surface area contributed by atoms with E-state index in [4.69, 9.17) is 14.2 Å². The van der Waals surface area contributed by atoms with Crippen molar-refractivity contribution in [3.8, 4) is 17.2 Å². The van der Waals surface area contributed by atoms with E-state index in [1.54, 1.807) is 14.2 Å². The molecule has 5 nitrogen and oxygen atoms in total. The molecule has 1 aliphatic rings. The molecule has 0 saturated carbocycles. The summed E-state index contributed by atoms with van der Waals surface area (Å²) in [5, 5.41) is 2.90. The number of rotatable bonds is 5. The third-order valence-electron chi connectivity index (χ3n) is 3.85. The number of fused-ring (bicyclic) bond motifs is 1. The number of carbonyl (C=O) groups excluding carboxylic acids is 1. The Bertz CT molecular complexity index is 689. The van der Waals surface area contributed by atoms with Crippen molar-refractivity contribution >= 4 is 5.91 Å². The number of ether oxygens (including phenoxy) is 3. The predicted octanol–water partition coefficient (Wildman–Crippen LogP) is 2.32. The fourth-order valence-electron chi connectivity index (χ4n) is 2.62. The highest BCUT2D eigenvalue weighted by atomic mass is 16.5. The maximum atomic E-state index is 12.3. The zero-order valence-corrected chi connectivity index (χ0v) is 13.2. The van der Waals surface area contributed by atoms with Crippen LogP contribution in [0.4, 0.5) is 0 Å². The van der Waals surface area contributed by atoms with Gasteiger partial charge in [0.15, 0.2) is 17.6 Å². The second-order valence-electron chi connectivity index (χ2n) is 5.33. The molecule has 1 aliphatic heterocycles. The summed E-state index contributed by atoms with van der Waals surface area (Å²) < 4.78 is 16.1. The lowest BCUT2D eigenvalue weighted by atomic mass is 10.1. The minimum atomic E-state index is -0.465. The Morgan fingerprint density at radius 3 is 2.70 bits per heavy atom. The van der Waals surface area contributed by atoms with E-state index in [1.807, 2.05) is 42.5 Å². The van der Waals surface area contributed by atoms with Gasteiger partial charge in [0.05, 0.1) is 14.2 Å². The SMILES string of the molecule is COc1ccc(CNC(=O)C2Cc3ccccc3O2)cc1OC. The summed E-state index contributed by atoms with van der Waals surface area (Å²) in [5.74, 6) is 1.98. The van der Waals surface area contributed by atoms with Crippen LogP contribution < -0.4 is 19.5 Å². The van der Waals surface area contributed by atoms with E-state index in [0.29, 0.717) is 24.5 Å². The average Bonchev–Trinajstić information content (AvgIpc) is 3.03. The molecule has 0 radical (unpaired) electrons. The van der Waals surface area contributed by atoms with E-state index < -0.39 is 6.10 Å². The van der Waals surface area contributed by atoms with Gasteiger partial charge in [0.25, 0.3) is 5.91 Å². The summed E-state index contributed by atoms with van der Waals surface area (Å²) in [6.45, 7) is 0.412. The Kier molecular flexibility index (Phi) is 4.37. The summed E-state index contributed by atoms with van der Waals surface area (Å²) in [7, 11) is 3.18. The van der Waals surface area contributed by atoms with Gasteiger partial charge in [-0.3, -0.25) is 4.79 Å². The van der Waals surface area contributed by atoms with Gasteiger partial charge < -0.3 is 19.5 Å². The number of para-hydroxylation sites is 1. The quantitative estimate of drug-likeness (QED) is 0.920. The van der Waals surface area contributed by atoms with Crippen LogP contribution in [0.1, 0.15) is 11.1 Å². The van der Waals surface area contributed by atoms with Crippen molar-refractivity contribution in [3.05, 3.63) is 53.6 Å². The number of hydrogen-bond donors (Lipinski definition) is 1. The summed E-state index contributed by atoms with van der Waals surface area (Å²) in [6.07, 6.45) is 0.140. The monoisotopic (exact) mass is 313 g/mol. The Hall–Kier alpha value is -2.69. The van der Waals surface area contributed by atoms with Gasteiger partial charge in [0, 0.05) is 13.0 Å². The molecule has 5 heteroatoms. The van der Waals surface area contributed by atoms with Gasteiger partial charge >= 0.3 is 0 Å². The van der Waals surface area contributed by atoms with Gasteiger partial charge in [0.2, 0.25) is 0 Å². The normalized spacial score (nSPS) is 15.5. The average molecular weight is 313 g/mol. The molecule has 1 heterocycles. The van der Waals surface area contributed by atoms with Crippen molar-refractivity contribution in [3.63, 3.8) is 0 Å². The maximum Gasteiger partial charge on any atom is 0.261 e. The van der Waals surface area contributed by atoms with Gasteiger partial charge in [-0.1, -0.05) is 24.3 Å². The van der Waals surface area contributed by atoms with Crippen molar-refractivity contribution in [2.24, 2.45) is 0 Å². The highest BCUT2D eigenvalue weighted by Gasteiger charge is 2.28. The predicted molar refractivity (Wildman–Crippen MR) is 86.0 cm³/mol. The third kappa shape index (κ3) is 3.23. The summed E-state index contributed by atoms with van der Waals surface area (Å²) in [6, 6.07) is 13.3. The number of amides is 1. The molecule has 0 saturated heterocycles. The zero-order chi connectivity index (χ0) is 16.2. The largest absolute Gasteiger partial charge is 0.493 e. The number of benzene rings is 2. The van der Waals surface area contributed by atoms with Gasteiger partial charge in [-0.15, -0.1) is 0 Å². The molecule has 1 atom stereocenters. The molecule has 0 fully saturated rings. The van der Waals surface area contributed by atoms with Gasteiger partial charge in [-0.2, -0.15) is 0 Å². The highest BCUT2D eigenvalue weighted by molar-refractivity contribution is 5.82. The van der Waals surface area contributed by atoms with Crippen molar-refractivity contribution in [2.45, 2.75) is 19.1 Å². The lowest BCUT2D eigenvalue weighted by Crippen LogP contribution is -2.37. The molecule has 1 N–H and O–H groups in total. The molecule has 23 heavy (non-hydrogen) atoms. The number of methoxy groups -OCH3 is 2. The topological polar surface area (TPSA) is 56.8 Å². The van der Waals surface area contributed by atoms with Crippen LogP contribution in [0, 0.1) is 0 Å². The van der Waals surface area contributed by atoms with Gasteiger partial charge in [0.1, 0.15) is 5.75 Å². The van der Waals surface area contributed by atoms with Gasteiger partial charge in [-0.25, -0.2) is 0 Å². The van der Waals surface area contributed by atoms with E-state index in [2.05, 4.69) is 5.32 Å². The fraction of sp³-hybridized carbons (Fsp3) is 0.278. The third-order valence-corrected chi connectivity index (χ3v) is 3.85. The van der Waals surface area contributed by atoms with Crippen LogP contribution in [0.5, 0.6) is 17.2 Å². The van der Waals surface area contributed by atoms with E-state index in [0.717, 1.165) is 16.9 Å². The first kappa shape index (κ1) is 15.2. The molecule has 0 aliphatic carbocycles. The smallest absolute Gasteiger partial charge is 0.261 e. The summed E-state index contributed by atoms with van der Waals surface area (Å²) in [4.78, 5) is 12.3. The molecule has 1 unspecified atom stereocenters. The van der Waals surface area contributed by atoms with Crippen molar-refractivity contribution < 1.29 is 19.0 Å². The summed E-state index contributed by atoms with van der Waals surface area (Å²) in [5.41, 5.74) is 2.00. The Labute approximate surface area is 135 Å². The molecule has 0 spiro atoms. The lowest BCUT2D eigenvalue weighted by molar-refractivity contribution is -0.127. The summed E-state index contributed by atoms with van der Waals surface area (Å²) >= 11 is 0. The Balaban J connectivity index is 1.60. The lowest BCUT2D eigenvalue weighted by Gasteiger charge is -2.13. The van der Waals surface area contributed by atoms with E-state index >= 15 is 0 Å². The first-order chi connectivity index (χ1) is 11.2. The van der Waals surface area contributed by atoms with Crippen LogP contribution >= 0.6 is 0 Å². The molecular formula is C18H19NO4. The standard InChI is InChI=1S/C18H19NO4/c1-21-15-8-7-12(9-16(15)22-2)11-19-18(20)17-10-13-5-3-4-6-14(13)23-17/h3-9,17H,10-11H2,1-2H3,(H,19,20). The van der Waals surface area contributed by atoms with E-state index in [-0.39, 0.29) is 5.91 Å². The minimum absolute atomic E-state index is 0.115. The zero-order valence-electron chi connectivity index (χ0n) is 13.2. The first-order valence-corrected chi connectivity index (χ1v) is 7.44. The van der Waals surface area contributed by atoms with E-state index in [9.17, 15) is 4.79 Å². The van der Waals surface area contributed by atoms with Crippen LogP contribution in [-0.4, -0.2) is 26.2 Å². The van der Waals surface area contributed by atoms with E-state index in [1.165, 1.54) is 0 Å². The first-order valence-electron chi connectivity index (χ1n) is 7.44. The van der Waals surface area contributed by atoms with Crippen LogP contribution in [0.2, 0.25) is 0 Å². The van der Waals surface area contributed by atoms with Gasteiger partial charge in [-0.05, 0) is 29.3 Å². The van der Waals surface area contributed by atoms with Crippen LogP contribution in [0.25, 0.3) is 0 Å². The molecule has 3 rings (SSSR count). The maximum absolute atomic E-state index is 12.3. The van der Waals surface area contributed by atoms with Crippen LogP contribution in [0.15, 0.2) is 42.5 Å². The van der Waals surface area contributed by atoms with Crippen LogP contribution in [0.3, 0.4) is 0 Å². The van der Waals surface area contributed by atoms with Crippen molar-refractivity contribution in [2.75, 3.05) is 14.2 Å². The highest BCUT2D eigenvalue weighted by Crippen LogP contribution is 2.29. The number of hydrogen-bond acceptors (Lipinski definition) is 4. The van der Waals surface area contributed by atoms with Crippen molar-refractivity contribution in [1.82, 2.24) is 5.32 Å². The molecule has 1 amide bonds. The van der Waals surface area contributed by atoms with Crippen molar-refractivity contribution in [1.29, 1.82) is 0 Å². The Morgan fingerprint density at radius 1 is 1.17 bits per heavy atom. The fourth-order valence-corrected chi connectivity index (χ4v) is 2.62. The Morgan fingerprint density at radius 2 is 1.96 bits per heavy atom. The molecule has 0 aromatic heterocycles. The van der Waals surface area contributed by atoms with Crippen LogP contribution in [-0.2, 0) is 17.8 Å². The molecule has 2 aromatic carbocycles. The minimum Gasteiger partial charge on any atom is -0.493 e. The second kappa shape index (κ2) is 6.60. The number of nitrogens with one attached hydrogen (secondary N) is 1. The molecule has 0 bridgehead atoms. The second-order valence-corrected chi connectivity index (χ2v) is 5.33.